The molecule has 1 aliphatic carbocycles. The molecular weight excluding hydrogens is 508 g/mol. The van der Waals surface area contributed by atoms with Gasteiger partial charge in [-0.1, -0.05) is 55.6 Å². The smallest absolute Gasteiger partial charge is 0.199 e. The summed E-state index contributed by atoms with van der Waals surface area (Å²) in [6.45, 7) is 4.81. The van der Waals surface area contributed by atoms with Gasteiger partial charge in [-0.05, 0) is 89.6 Å². The Morgan fingerprint density at radius 1 is 0.775 bits per heavy atom. The zero-order chi connectivity index (χ0) is 28.3. The largest absolute Gasteiger partial charge is 0.392 e. The molecule has 0 fully saturated rings. The van der Waals surface area contributed by atoms with Gasteiger partial charge in [-0.3, -0.25) is 0 Å². The molecule has 4 aromatic rings. The van der Waals surface area contributed by atoms with Crippen LogP contribution in [0.3, 0.4) is 0 Å². The minimum atomic E-state index is -2.03. The van der Waals surface area contributed by atoms with Gasteiger partial charge in [-0.15, -0.1) is 0 Å². The van der Waals surface area contributed by atoms with Gasteiger partial charge < -0.3 is 15.1 Å². The number of hydrogen-bond donors (Lipinski definition) is 2. The molecule has 4 nitrogen and oxygen atoms in total. The molecule has 1 aliphatic heterocycles. The molecule has 0 amide bonds. The van der Waals surface area contributed by atoms with Gasteiger partial charge >= 0.3 is 0 Å². The van der Waals surface area contributed by atoms with Crippen LogP contribution in [0.4, 0.5) is 5.69 Å². The number of allylic oxidation sites excluding steroid dienone is 5. The van der Waals surface area contributed by atoms with Gasteiger partial charge in [0.25, 0.3) is 0 Å². The van der Waals surface area contributed by atoms with Crippen LogP contribution in [0.25, 0.3) is 27.1 Å². The molecule has 0 saturated heterocycles. The average molecular weight is 546 g/mol. The highest BCUT2D eigenvalue weighted by molar-refractivity contribution is 6.98. The summed E-state index contributed by atoms with van der Waals surface area (Å²) >= 11 is 0. The normalized spacial score (nSPS) is 15.8. The van der Waals surface area contributed by atoms with E-state index in [9.17, 15) is 10.2 Å². The Labute approximate surface area is 237 Å². The molecule has 0 aromatic heterocycles. The third kappa shape index (κ3) is 3.92. The highest BCUT2D eigenvalue weighted by Crippen LogP contribution is 2.43. The van der Waals surface area contributed by atoms with Gasteiger partial charge in [0.2, 0.25) is 0 Å². The summed E-state index contributed by atoms with van der Waals surface area (Å²) in [6.07, 6.45) is 6.92. The molecule has 0 radical (unpaired) electrons. The summed E-state index contributed by atoms with van der Waals surface area (Å²) in [7, 11) is 6.38. The number of hydrogen-bond acceptors (Lipinski definition) is 3. The fourth-order valence-corrected chi connectivity index (χ4v) is 9.62. The van der Waals surface area contributed by atoms with Gasteiger partial charge in [-0.25, -0.2) is 4.58 Å². The molecule has 4 aromatic carbocycles. The van der Waals surface area contributed by atoms with Crippen LogP contribution in [-0.4, -0.2) is 56.8 Å². The van der Waals surface area contributed by atoms with E-state index in [0.29, 0.717) is 0 Å². The molecule has 202 valence electrons. The lowest BCUT2D eigenvalue weighted by atomic mass is 9.86. The molecule has 1 heterocycles. The minimum absolute atomic E-state index is 0.0509. The second-order valence-corrected chi connectivity index (χ2v) is 16.2. The number of anilines is 1. The summed E-state index contributed by atoms with van der Waals surface area (Å²) in [5.41, 5.74) is 9.18. The van der Waals surface area contributed by atoms with Crippen LogP contribution in [0.1, 0.15) is 22.3 Å². The number of aliphatic hydroxyl groups excluding tert-OH is 2. The van der Waals surface area contributed by atoms with Gasteiger partial charge in [-0.2, -0.15) is 0 Å². The van der Waals surface area contributed by atoms with E-state index in [1.54, 1.807) is 0 Å². The van der Waals surface area contributed by atoms with Gasteiger partial charge in [0.1, 0.15) is 22.2 Å². The maximum absolute atomic E-state index is 10.6. The van der Waals surface area contributed by atoms with E-state index >= 15 is 0 Å². The lowest BCUT2D eigenvalue weighted by molar-refractivity contribution is -0.462. The summed E-state index contributed by atoms with van der Waals surface area (Å²) < 4.78 is 2.18. The Bertz CT molecular complexity index is 1840. The Morgan fingerprint density at radius 2 is 1.43 bits per heavy atom. The standard InChI is InChI=1S/C35H37N2O2Si/c1-36(2)23-12-15-28-33(18-23)40(5,6)34-19-24(37(3)4)13-16-29(34)35(28)22-11-14-27-30(17-22)32(21-39)26-10-8-7-9-25(26)31(27)20-38/h7-19,38-39H,20-21H2,1-6H3/q+1. The first kappa shape index (κ1) is 26.4. The first-order valence-corrected chi connectivity index (χ1v) is 16.9. The van der Waals surface area contributed by atoms with E-state index in [2.05, 4.69) is 105 Å². The SMILES string of the molecule is CN(C)c1ccc2c(c1)[Si](C)(C)C1=CC(=[N+](C)C)C=CC1=C2c1ccc2c(CO)c3ccccc3c(CO)c2c1. The van der Waals surface area contributed by atoms with E-state index in [-0.39, 0.29) is 13.2 Å². The zero-order valence-electron chi connectivity index (χ0n) is 24.2. The third-order valence-electron chi connectivity index (χ3n) is 8.78. The number of nitrogens with zero attached hydrogens (tertiary/aromatic N) is 2. The van der Waals surface area contributed by atoms with Crippen LogP contribution < -0.4 is 10.1 Å². The zero-order valence-corrected chi connectivity index (χ0v) is 25.2. The second kappa shape index (κ2) is 9.70. The third-order valence-corrected chi connectivity index (χ3v) is 12.3. The monoisotopic (exact) mass is 545 g/mol. The molecule has 0 atom stereocenters. The van der Waals surface area contributed by atoms with Crippen molar-refractivity contribution in [2.45, 2.75) is 26.3 Å². The molecule has 0 spiro atoms. The quantitative estimate of drug-likeness (QED) is 0.202. The highest BCUT2D eigenvalue weighted by atomic mass is 28.3. The van der Waals surface area contributed by atoms with Gasteiger partial charge in [0, 0.05) is 31.9 Å². The predicted octanol–water partition coefficient (Wildman–Crippen LogP) is 5.52. The molecule has 5 heteroatoms. The van der Waals surface area contributed by atoms with E-state index < -0.39 is 8.07 Å². The Hall–Kier alpha value is -3.77. The lowest BCUT2D eigenvalue weighted by Crippen LogP contribution is -2.49. The molecular formula is C35H37N2O2Si+. The van der Waals surface area contributed by atoms with E-state index in [4.69, 9.17) is 0 Å². The van der Waals surface area contributed by atoms with Gasteiger partial charge in [0.05, 0.1) is 13.2 Å². The molecule has 0 saturated carbocycles. The molecule has 0 unspecified atom stereocenters. The summed E-state index contributed by atoms with van der Waals surface area (Å²) in [4.78, 5) is 2.18. The Balaban J connectivity index is 1.71. The van der Waals surface area contributed by atoms with E-state index in [1.165, 1.54) is 38.5 Å². The van der Waals surface area contributed by atoms with E-state index in [1.807, 2.05) is 24.3 Å². The summed E-state index contributed by atoms with van der Waals surface area (Å²) in [5, 5.41) is 27.8. The van der Waals surface area contributed by atoms with Crippen molar-refractivity contribution in [1.82, 2.24) is 0 Å². The van der Waals surface area contributed by atoms with Crippen molar-refractivity contribution in [2.24, 2.45) is 0 Å². The number of rotatable bonds is 4. The van der Waals surface area contributed by atoms with Crippen LogP contribution in [0, 0.1) is 0 Å². The number of benzene rings is 4. The maximum Gasteiger partial charge on any atom is 0.199 e. The Morgan fingerprint density at radius 3 is 2.05 bits per heavy atom. The molecule has 40 heavy (non-hydrogen) atoms. The summed E-state index contributed by atoms with van der Waals surface area (Å²) in [6, 6.07) is 21.5. The fraction of sp³-hybridized carbons (Fsp3) is 0.229. The van der Waals surface area contributed by atoms with Crippen molar-refractivity contribution in [1.29, 1.82) is 0 Å². The summed E-state index contributed by atoms with van der Waals surface area (Å²) in [5.74, 6) is 0. The minimum Gasteiger partial charge on any atom is -0.392 e. The first-order valence-electron chi connectivity index (χ1n) is 13.9. The number of aliphatic hydroxyl groups is 2. The van der Waals surface area contributed by atoms with Crippen molar-refractivity contribution in [3.8, 4) is 0 Å². The second-order valence-electron chi connectivity index (χ2n) is 11.8. The average Bonchev–Trinajstić information content (AvgIpc) is 2.95. The van der Waals surface area contributed by atoms with Crippen molar-refractivity contribution < 1.29 is 14.8 Å². The molecule has 2 N–H and O–H groups in total. The van der Waals surface area contributed by atoms with Crippen molar-refractivity contribution >= 4 is 51.8 Å². The van der Waals surface area contributed by atoms with Crippen LogP contribution in [-0.2, 0) is 13.2 Å². The predicted molar refractivity (Wildman–Crippen MR) is 172 cm³/mol. The van der Waals surface area contributed by atoms with Crippen molar-refractivity contribution in [3.63, 3.8) is 0 Å². The molecule has 0 bridgehead atoms. The first-order chi connectivity index (χ1) is 19.2. The maximum atomic E-state index is 10.6. The number of fused-ring (bicyclic) bond motifs is 4. The van der Waals surface area contributed by atoms with Gasteiger partial charge in [0.15, 0.2) is 5.71 Å². The van der Waals surface area contributed by atoms with Crippen LogP contribution >= 0.6 is 0 Å². The molecule has 2 aliphatic rings. The lowest BCUT2D eigenvalue weighted by Gasteiger charge is -2.38. The van der Waals surface area contributed by atoms with Crippen molar-refractivity contribution in [3.05, 3.63) is 112 Å². The highest BCUT2D eigenvalue weighted by Gasteiger charge is 2.40. The topological polar surface area (TPSA) is 46.7 Å². The van der Waals surface area contributed by atoms with Crippen LogP contribution in [0.15, 0.2) is 89.7 Å². The van der Waals surface area contributed by atoms with Crippen LogP contribution in [0.5, 0.6) is 0 Å². The Kier molecular flexibility index (Phi) is 6.41. The van der Waals surface area contributed by atoms with Crippen LogP contribution in [0.2, 0.25) is 13.1 Å². The van der Waals surface area contributed by atoms with Crippen molar-refractivity contribution in [2.75, 3.05) is 33.1 Å². The van der Waals surface area contributed by atoms with E-state index in [0.717, 1.165) is 38.2 Å². The fourth-order valence-electron chi connectivity index (χ4n) is 6.55. The molecule has 6 rings (SSSR count).